The molecule has 0 unspecified atom stereocenters. The number of aryl methyl sites for hydroxylation is 1. The van der Waals surface area contributed by atoms with Gasteiger partial charge in [-0.1, -0.05) is 0 Å². The van der Waals surface area contributed by atoms with Gasteiger partial charge < -0.3 is 23.9 Å². The first kappa shape index (κ1) is 15.1. The SMILES string of the molecule is Cn1c(C(=O)NCC(=O)N2CCOCC2)cc2oc(Br)cc21. The summed E-state index contributed by atoms with van der Waals surface area (Å²) in [5, 5.41) is 2.66. The molecule has 1 aliphatic rings. The van der Waals surface area contributed by atoms with Crippen LogP contribution in [-0.2, 0) is 16.6 Å². The molecule has 3 rings (SSSR count). The normalized spacial score (nSPS) is 15.3. The molecule has 0 bridgehead atoms. The van der Waals surface area contributed by atoms with E-state index < -0.39 is 0 Å². The molecule has 1 fully saturated rings. The quantitative estimate of drug-likeness (QED) is 0.879. The van der Waals surface area contributed by atoms with Crippen LogP contribution in [0.5, 0.6) is 0 Å². The molecule has 1 saturated heterocycles. The second kappa shape index (κ2) is 6.13. The number of morpholine rings is 1. The molecule has 0 aliphatic carbocycles. The number of nitrogens with one attached hydrogen (secondary N) is 1. The molecule has 2 aromatic rings. The zero-order chi connectivity index (χ0) is 15.7. The Hall–Kier alpha value is -1.80. The van der Waals surface area contributed by atoms with Crippen molar-refractivity contribution in [1.29, 1.82) is 0 Å². The maximum Gasteiger partial charge on any atom is 0.268 e. The fraction of sp³-hybridized carbons (Fsp3) is 0.429. The number of amides is 2. The fourth-order valence-corrected chi connectivity index (χ4v) is 2.86. The van der Waals surface area contributed by atoms with Gasteiger partial charge in [0.2, 0.25) is 5.91 Å². The van der Waals surface area contributed by atoms with Crippen molar-refractivity contribution in [2.45, 2.75) is 0 Å². The summed E-state index contributed by atoms with van der Waals surface area (Å²) >= 11 is 3.25. The van der Waals surface area contributed by atoms with Gasteiger partial charge in [0, 0.05) is 32.3 Å². The highest BCUT2D eigenvalue weighted by Gasteiger charge is 2.20. The van der Waals surface area contributed by atoms with Gasteiger partial charge in [0.15, 0.2) is 10.3 Å². The third-order valence-corrected chi connectivity index (χ3v) is 4.09. The number of halogens is 1. The standard InChI is InChI=1S/C14H16BrN3O4/c1-17-9-7-12(15)22-11(9)6-10(17)14(20)16-8-13(19)18-2-4-21-5-3-18/h6-7H,2-5,8H2,1H3,(H,16,20). The van der Waals surface area contributed by atoms with E-state index in [0.717, 1.165) is 5.52 Å². The van der Waals surface area contributed by atoms with Crippen LogP contribution < -0.4 is 5.32 Å². The summed E-state index contributed by atoms with van der Waals surface area (Å²) in [5.41, 5.74) is 1.89. The van der Waals surface area contributed by atoms with Crippen molar-refractivity contribution in [1.82, 2.24) is 14.8 Å². The predicted molar refractivity (Wildman–Crippen MR) is 82.6 cm³/mol. The Kier molecular flexibility index (Phi) is 4.21. The number of carbonyl (C=O) groups excluding carboxylic acids is 2. The van der Waals surface area contributed by atoms with Crippen molar-refractivity contribution in [2.75, 3.05) is 32.8 Å². The molecule has 1 N–H and O–H groups in total. The highest BCUT2D eigenvalue weighted by Crippen LogP contribution is 2.25. The van der Waals surface area contributed by atoms with Crippen LogP contribution in [0.15, 0.2) is 21.2 Å². The van der Waals surface area contributed by atoms with Gasteiger partial charge >= 0.3 is 0 Å². The molecule has 0 atom stereocenters. The Balaban J connectivity index is 1.64. The molecule has 8 heteroatoms. The molecule has 118 valence electrons. The van der Waals surface area contributed by atoms with Gasteiger partial charge in [-0.2, -0.15) is 0 Å². The van der Waals surface area contributed by atoms with Gasteiger partial charge in [-0.25, -0.2) is 0 Å². The van der Waals surface area contributed by atoms with Crippen molar-refractivity contribution < 1.29 is 18.7 Å². The van der Waals surface area contributed by atoms with Crippen molar-refractivity contribution >= 4 is 38.8 Å². The number of carbonyl (C=O) groups is 2. The lowest BCUT2D eigenvalue weighted by Gasteiger charge is -2.26. The topological polar surface area (TPSA) is 76.7 Å². The summed E-state index contributed by atoms with van der Waals surface area (Å²) < 4.78 is 13.0. The smallest absolute Gasteiger partial charge is 0.268 e. The first-order valence-electron chi connectivity index (χ1n) is 6.95. The zero-order valence-corrected chi connectivity index (χ0v) is 13.7. The van der Waals surface area contributed by atoms with E-state index in [2.05, 4.69) is 21.2 Å². The van der Waals surface area contributed by atoms with Crippen LogP contribution in [0.1, 0.15) is 10.5 Å². The fourth-order valence-electron chi connectivity index (χ4n) is 2.47. The third kappa shape index (κ3) is 2.89. The number of furan rings is 1. The minimum absolute atomic E-state index is 0.0188. The van der Waals surface area contributed by atoms with E-state index in [0.29, 0.717) is 42.2 Å². The molecule has 0 saturated carbocycles. The molecular weight excluding hydrogens is 354 g/mol. The Morgan fingerprint density at radius 3 is 2.73 bits per heavy atom. The minimum atomic E-state index is -0.299. The van der Waals surface area contributed by atoms with Crippen molar-refractivity contribution in [3.8, 4) is 0 Å². The first-order chi connectivity index (χ1) is 10.6. The lowest BCUT2D eigenvalue weighted by molar-refractivity contribution is -0.134. The number of aromatic nitrogens is 1. The molecule has 3 heterocycles. The van der Waals surface area contributed by atoms with Crippen LogP contribution in [0.2, 0.25) is 0 Å². The van der Waals surface area contributed by atoms with E-state index in [1.54, 1.807) is 28.6 Å². The van der Waals surface area contributed by atoms with Crippen LogP contribution in [0, 0.1) is 0 Å². The average Bonchev–Trinajstić information content (AvgIpc) is 3.03. The van der Waals surface area contributed by atoms with Gasteiger partial charge in [0.05, 0.1) is 25.3 Å². The van der Waals surface area contributed by atoms with Crippen LogP contribution in [-0.4, -0.2) is 54.1 Å². The second-order valence-corrected chi connectivity index (χ2v) is 5.85. The van der Waals surface area contributed by atoms with Crippen LogP contribution >= 0.6 is 15.9 Å². The molecule has 0 aromatic carbocycles. The van der Waals surface area contributed by atoms with Gasteiger partial charge in [0.25, 0.3) is 5.91 Å². The number of ether oxygens (including phenoxy) is 1. The van der Waals surface area contributed by atoms with Gasteiger partial charge in [-0.3, -0.25) is 9.59 Å². The second-order valence-electron chi connectivity index (χ2n) is 5.06. The average molecular weight is 370 g/mol. The number of fused-ring (bicyclic) bond motifs is 1. The van der Waals surface area contributed by atoms with Crippen LogP contribution in [0.4, 0.5) is 0 Å². The number of nitrogens with zero attached hydrogens (tertiary/aromatic N) is 2. The third-order valence-electron chi connectivity index (χ3n) is 3.70. The monoisotopic (exact) mass is 369 g/mol. The summed E-state index contributed by atoms with van der Waals surface area (Å²) in [6.45, 7) is 2.21. The highest BCUT2D eigenvalue weighted by molar-refractivity contribution is 9.10. The van der Waals surface area contributed by atoms with Gasteiger partial charge in [-0.05, 0) is 15.9 Å². The van der Waals surface area contributed by atoms with Crippen molar-refractivity contribution in [2.24, 2.45) is 7.05 Å². The first-order valence-corrected chi connectivity index (χ1v) is 7.74. The zero-order valence-electron chi connectivity index (χ0n) is 12.1. The van der Waals surface area contributed by atoms with Crippen molar-refractivity contribution in [3.63, 3.8) is 0 Å². The van der Waals surface area contributed by atoms with E-state index in [9.17, 15) is 9.59 Å². The molecule has 0 radical (unpaired) electrons. The summed E-state index contributed by atoms with van der Waals surface area (Å²) in [6.07, 6.45) is 0. The molecule has 7 nitrogen and oxygen atoms in total. The molecule has 1 aliphatic heterocycles. The van der Waals surface area contributed by atoms with Crippen LogP contribution in [0.25, 0.3) is 11.1 Å². The maximum absolute atomic E-state index is 12.2. The van der Waals surface area contributed by atoms with E-state index in [1.165, 1.54) is 0 Å². The van der Waals surface area contributed by atoms with Gasteiger partial charge in [0.1, 0.15) is 5.69 Å². The Morgan fingerprint density at radius 1 is 1.32 bits per heavy atom. The molecule has 2 aromatic heterocycles. The molecule has 2 amide bonds. The molecule has 22 heavy (non-hydrogen) atoms. The summed E-state index contributed by atoms with van der Waals surface area (Å²) in [6, 6.07) is 3.46. The van der Waals surface area contributed by atoms with Crippen LogP contribution in [0.3, 0.4) is 0 Å². The number of hydrogen-bond acceptors (Lipinski definition) is 4. The molecular formula is C14H16BrN3O4. The summed E-state index contributed by atoms with van der Waals surface area (Å²) in [5.74, 6) is -0.399. The van der Waals surface area contributed by atoms with Crippen molar-refractivity contribution in [3.05, 3.63) is 22.5 Å². The molecule has 0 spiro atoms. The largest absolute Gasteiger partial charge is 0.448 e. The number of rotatable bonds is 3. The van der Waals surface area contributed by atoms with E-state index >= 15 is 0 Å². The lowest BCUT2D eigenvalue weighted by Crippen LogP contribution is -2.45. The minimum Gasteiger partial charge on any atom is -0.448 e. The highest BCUT2D eigenvalue weighted by atomic mass is 79.9. The lowest BCUT2D eigenvalue weighted by atomic mass is 10.3. The maximum atomic E-state index is 12.2. The van der Waals surface area contributed by atoms with E-state index in [4.69, 9.17) is 9.15 Å². The van der Waals surface area contributed by atoms with E-state index in [-0.39, 0.29) is 18.4 Å². The number of hydrogen-bond donors (Lipinski definition) is 1. The van der Waals surface area contributed by atoms with E-state index in [1.807, 2.05) is 0 Å². The Morgan fingerprint density at radius 2 is 2.05 bits per heavy atom. The summed E-state index contributed by atoms with van der Waals surface area (Å²) in [7, 11) is 1.78. The summed E-state index contributed by atoms with van der Waals surface area (Å²) in [4.78, 5) is 25.9. The Labute approximate surface area is 135 Å². The Bertz CT molecular complexity index is 715. The predicted octanol–water partition coefficient (Wildman–Crippen LogP) is 1.12. The van der Waals surface area contributed by atoms with Gasteiger partial charge in [-0.15, -0.1) is 0 Å².